The van der Waals surface area contributed by atoms with E-state index in [0.717, 1.165) is 22.3 Å². The minimum atomic E-state index is -3.70. The average molecular weight is 455 g/mol. The lowest BCUT2D eigenvalue weighted by molar-refractivity contribution is 0.0693. The summed E-state index contributed by atoms with van der Waals surface area (Å²) in [5.41, 5.74) is 3.06. The molecule has 4 rings (SSSR count). The van der Waals surface area contributed by atoms with E-state index in [9.17, 15) is 18.0 Å². The summed E-state index contributed by atoms with van der Waals surface area (Å²) >= 11 is 0. The molecule has 0 aliphatic carbocycles. The molecule has 1 amide bonds. The van der Waals surface area contributed by atoms with Crippen LogP contribution in [0, 0.1) is 27.7 Å². The van der Waals surface area contributed by atoms with Crippen molar-refractivity contribution in [2.75, 3.05) is 26.2 Å². The number of hydrogen-bond donors (Lipinski definition) is 0. The van der Waals surface area contributed by atoms with Crippen LogP contribution in [0.5, 0.6) is 0 Å². The van der Waals surface area contributed by atoms with E-state index in [4.69, 9.17) is 4.42 Å². The smallest absolute Gasteiger partial charge is 0.349 e. The van der Waals surface area contributed by atoms with E-state index in [1.807, 2.05) is 33.8 Å². The maximum atomic E-state index is 13.4. The summed E-state index contributed by atoms with van der Waals surface area (Å²) in [7, 11) is -3.70. The van der Waals surface area contributed by atoms with Crippen molar-refractivity contribution in [3.8, 4) is 0 Å². The quantitative estimate of drug-likeness (QED) is 0.567. The standard InChI is InChI=1S/C24H26N2O5S/c1-15-13-16(2)18(4)22(17(15)3)32(29,30)26-11-9-25(10-12-26)23(27)20-14-19-7-5-6-8-21(19)31-24(20)28/h5-8,13-14H,9-12H2,1-4H3. The number of aryl methyl sites for hydroxylation is 2. The molecule has 0 spiro atoms. The van der Waals surface area contributed by atoms with Gasteiger partial charge in [-0.1, -0.05) is 24.3 Å². The molecule has 32 heavy (non-hydrogen) atoms. The number of rotatable bonds is 3. The van der Waals surface area contributed by atoms with Crippen LogP contribution in [-0.2, 0) is 10.0 Å². The summed E-state index contributed by atoms with van der Waals surface area (Å²) in [5.74, 6) is -0.444. The largest absolute Gasteiger partial charge is 0.422 e. The zero-order chi connectivity index (χ0) is 23.2. The summed E-state index contributed by atoms with van der Waals surface area (Å²) in [6.07, 6.45) is 0. The number of hydrogen-bond acceptors (Lipinski definition) is 5. The van der Waals surface area contributed by atoms with Gasteiger partial charge in [-0.25, -0.2) is 13.2 Å². The molecule has 0 saturated carbocycles. The van der Waals surface area contributed by atoms with Crippen LogP contribution >= 0.6 is 0 Å². The third-order valence-electron chi connectivity index (χ3n) is 6.29. The normalized spacial score (nSPS) is 15.3. The summed E-state index contributed by atoms with van der Waals surface area (Å²) in [5, 5.41) is 0.664. The topological polar surface area (TPSA) is 87.9 Å². The Labute approximate surface area is 187 Å². The SMILES string of the molecule is Cc1cc(C)c(C)c(S(=O)(=O)N2CCN(C(=O)c3cc4ccccc4oc3=O)CC2)c1C. The van der Waals surface area contributed by atoms with Crippen molar-refractivity contribution in [2.45, 2.75) is 32.6 Å². The van der Waals surface area contributed by atoms with Gasteiger partial charge in [-0.05, 0) is 62.1 Å². The molecule has 2 aromatic carbocycles. The molecule has 8 heteroatoms. The highest BCUT2D eigenvalue weighted by molar-refractivity contribution is 7.89. The first-order valence-corrected chi connectivity index (χ1v) is 11.9. The Kier molecular flexibility index (Phi) is 5.68. The molecule has 0 N–H and O–H groups in total. The molecular formula is C24H26N2O5S. The number of fused-ring (bicyclic) bond motifs is 1. The van der Waals surface area contributed by atoms with Crippen LogP contribution in [-0.4, -0.2) is 49.7 Å². The van der Waals surface area contributed by atoms with Crippen LogP contribution in [0.1, 0.15) is 32.6 Å². The van der Waals surface area contributed by atoms with E-state index in [0.29, 0.717) is 15.9 Å². The van der Waals surface area contributed by atoms with Crippen molar-refractivity contribution in [3.05, 3.63) is 74.6 Å². The highest BCUT2D eigenvalue weighted by atomic mass is 32.2. The van der Waals surface area contributed by atoms with Crippen LogP contribution in [0.3, 0.4) is 0 Å². The molecule has 1 aliphatic heterocycles. The third-order valence-corrected chi connectivity index (χ3v) is 8.47. The second-order valence-corrected chi connectivity index (χ2v) is 10.1. The second-order valence-electron chi connectivity index (χ2n) is 8.27. The van der Waals surface area contributed by atoms with Gasteiger partial charge in [0.05, 0.1) is 4.90 Å². The molecule has 0 unspecified atom stereocenters. The Morgan fingerprint density at radius 1 is 0.906 bits per heavy atom. The van der Waals surface area contributed by atoms with Gasteiger partial charge in [-0.3, -0.25) is 4.79 Å². The highest BCUT2D eigenvalue weighted by Gasteiger charge is 2.33. The molecule has 2 heterocycles. The highest BCUT2D eigenvalue weighted by Crippen LogP contribution is 2.29. The van der Waals surface area contributed by atoms with Crippen molar-refractivity contribution in [1.29, 1.82) is 0 Å². The molecular weight excluding hydrogens is 428 g/mol. The van der Waals surface area contributed by atoms with Gasteiger partial charge in [0.15, 0.2) is 0 Å². The Balaban J connectivity index is 1.57. The van der Waals surface area contributed by atoms with Crippen molar-refractivity contribution >= 4 is 26.9 Å². The predicted molar refractivity (Wildman–Crippen MR) is 123 cm³/mol. The molecule has 7 nitrogen and oxygen atoms in total. The van der Waals surface area contributed by atoms with Gasteiger partial charge in [-0.15, -0.1) is 0 Å². The number of piperazine rings is 1. The van der Waals surface area contributed by atoms with Crippen LogP contribution in [0.2, 0.25) is 0 Å². The minimum Gasteiger partial charge on any atom is -0.422 e. The molecule has 1 saturated heterocycles. The lowest BCUT2D eigenvalue weighted by Crippen LogP contribution is -2.51. The summed E-state index contributed by atoms with van der Waals surface area (Å²) in [4.78, 5) is 27.2. The van der Waals surface area contributed by atoms with Crippen molar-refractivity contribution < 1.29 is 17.6 Å². The Bertz CT molecular complexity index is 1360. The number of benzene rings is 2. The van der Waals surface area contributed by atoms with Crippen molar-refractivity contribution in [1.82, 2.24) is 9.21 Å². The van der Waals surface area contributed by atoms with Gasteiger partial charge in [0.1, 0.15) is 11.1 Å². The van der Waals surface area contributed by atoms with Gasteiger partial charge in [-0.2, -0.15) is 4.31 Å². The van der Waals surface area contributed by atoms with E-state index in [-0.39, 0.29) is 31.7 Å². The van der Waals surface area contributed by atoms with Crippen molar-refractivity contribution in [2.24, 2.45) is 0 Å². The number of carbonyl (C=O) groups excluding carboxylic acids is 1. The third kappa shape index (κ3) is 3.73. The minimum absolute atomic E-state index is 0.0407. The van der Waals surface area contributed by atoms with Crippen LogP contribution in [0.15, 0.2) is 50.5 Å². The number of sulfonamides is 1. The molecule has 0 radical (unpaired) electrons. The summed E-state index contributed by atoms with van der Waals surface area (Å²) in [6.45, 7) is 8.21. The Morgan fingerprint density at radius 3 is 2.12 bits per heavy atom. The molecule has 168 valence electrons. The fourth-order valence-electron chi connectivity index (χ4n) is 4.21. The van der Waals surface area contributed by atoms with E-state index < -0.39 is 21.6 Å². The van der Waals surface area contributed by atoms with Crippen LogP contribution in [0.25, 0.3) is 11.0 Å². The first-order chi connectivity index (χ1) is 15.1. The van der Waals surface area contributed by atoms with Gasteiger partial charge in [0, 0.05) is 31.6 Å². The summed E-state index contributed by atoms with van der Waals surface area (Å²) < 4.78 is 33.6. The Hall–Kier alpha value is -2.97. The lowest BCUT2D eigenvalue weighted by atomic mass is 10.0. The molecule has 0 bridgehead atoms. The second kappa shape index (κ2) is 8.18. The molecule has 1 aliphatic rings. The number of para-hydroxylation sites is 1. The fraction of sp³-hybridized carbons (Fsp3) is 0.333. The monoisotopic (exact) mass is 454 g/mol. The van der Waals surface area contributed by atoms with Gasteiger partial charge < -0.3 is 9.32 Å². The zero-order valence-corrected chi connectivity index (χ0v) is 19.5. The number of nitrogens with zero attached hydrogens (tertiary/aromatic N) is 2. The van der Waals surface area contributed by atoms with E-state index >= 15 is 0 Å². The predicted octanol–water partition coefficient (Wildman–Crippen LogP) is 3.17. The molecule has 1 fully saturated rings. The maximum Gasteiger partial charge on any atom is 0.349 e. The first kappa shape index (κ1) is 22.2. The van der Waals surface area contributed by atoms with E-state index in [1.54, 1.807) is 24.3 Å². The summed E-state index contributed by atoms with van der Waals surface area (Å²) in [6, 6.07) is 10.5. The average Bonchev–Trinajstić information content (AvgIpc) is 2.77. The van der Waals surface area contributed by atoms with Gasteiger partial charge in [0.25, 0.3) is 5.91 Å². The fourth-order valence-corrected chi connectivity index (χ4v) is 6.21. The first-order valence-electron chi connectivity index (χ1n) is 10.5. The number of amides is 1. The van der Waals surface area contributed by atoms with Crippen LogP contribution < -0.4 is 5.63 Å². The molecule has 1 aromatic heterocycles. The zero-order valence-electron chi connectivity index (χ0n) is 18.6. The number of carbonyl (C=O) groups is 1. The Morgan fingerprint density at radius 2 is 1.50 bits per heavy atom. The van der Waals surface area contributed by atoms with Gasteiger partial charge in [0.2, 0.25) is 10.0 Å². The molecule has 0 atom stereocenters. The van der Waals surface area contributed by atoms with E-state index in [1.165, 1.54) is 15.3 Å². The lowest BCUT2D eigenvalue weighted by Gasteiger charge is -2.34. The van der Waals surface area contributed by atoms with Crippen LogP contribution in [0.4, 0.5) is 0 Å². The maximum absolute atomic E-state index is 13.4. The van der Waals surface area contributed by atoms with E-state index in [2.05, 4.69) is 0 Å². The van der Waals surface area contributed by atoms with Gasteiger partial charge >= 0.3 is 5.63 Å². The van der Waals surface area contributed by atoms with Crippen molar-refractivity contribution in [3.63, 3.8) is 0 Å². The molecule has 3 aromatic rings.